The van der Waals surface area contributed by atoms with Crippen LogP contribution in [0.25, 0.3) is 0 Å². The summed E-state index contributed by atoms with van der Waals surface area (Å²) in [6.45, 7) is 3.60. The van der Waals surface area contributed by atoms with Crippen molar-refractivity contribution in [2.24, 2.45) is 0 Å². The van der Waals surface area contributed by atoms with Crippen molar-refractivity contribution in [1.82, 2.24) is 9.44 Å². The van der Waals surface area contributed by atoms with Crippen LogP contribution in [0.1, 0.15) is 15.9 Å². The summed E-state index contributed by atoms with van der Waals surface area (Å²) in [6, 6.07) is 10.3. The summed E-state index contributed by atoms with van der Waals surface area (Å²) in [7, 11) is -4.72. The van der Waals surface area contributed by atoms with Gasteiger partial charge >= 0.3 is 0 Å². The number of nitrogens with one attached hydrogen (secondary N) is 3. The first-order valence-corrected chi connectivity index (χ1v) is 11.9. The summed E-state index contributed by atoms with van der Waals surface area (Å²) in [5.41, 5.74) is 1.08. The molecule has 0 aliphatic heterocycles. The molecule has 11 heteroatoms. The number of hydrogen-bond donors (Lipinski definition) is 3. The lowest BCUT2D eigenvalue weighted by molar-refractivity contribution is 0.102. The van der Waals surface area contributed by atoms with Crippen molar-refractivity contribution in [2.45, 2.75) is 10.6 Å². The van der Waals surface area contributed by atoms with Gasteiger partial charge in [0, 0.05) is 17.8 Å². The molecule has 1 amide bonds. The number of ether oxygens (including phenoxy) is 1. The van der Waals surface area contributed by atoms with Crippen LogP contribution in [0.3, 0.4) is 0 Å². The Labute approximate surface area is 176 Å². The molecule has 162 valence electrons. The number of rotatable bonds is 10. The van der Waals surface area contributed by atoms with Gasteiger partial charge in [-0.25, -0.2) is 26.3 Å². The third-order valence-electron chi connectivity index (χ3n) is 4.00. The summed E-state index contributed by atoms with van der Waals surface area (Å²) in [5, 5.41) is 2.64. The maximum absolute atomic E-state index is 12.5. The quantitative estimate of drug-likeness (QED) is 0.467. The van der Waals surface area contributed by atoms with E-state index in [1.54, 1.807) is 24.3 Å². The van der Waals surface area contributed by atoms with E-state index in [-0.39, 0.29) is 28.5 Å². The second-order valence-electron chi connectivity index (χ2n) is 6.12. The van der Waals surface area contributed by atoms with E-state index in [4.69, 9.17) is 4.74 Å². The number of methoxy groups -OCH3 is 1. The number of sulfonamides is 2. The smallest absolute Gasteiger partial charge is 0.255 e. The van der Waals surface area contributed by atoms with E-state index >= 15 is 0 Å². The summed E-state index contributed by atoms with van der Waals surface area (Å²) in [5.74, 6) is -0.631. The van der Waals surface area contributed by atoms with Gasteiger partial charge in [-0.15, -0.1) is 6.58 Å². The molecule has 0 aliphatic rings. The van der Waals surface area contributed by atoms with Gasteiger partial charge in [0.05, 0.1) is 12.9 Å². The van der Waals surface area contributed by atoms with Crippen molar-refractivity contribution >= 4 is 31.6 Å². The van der Waals surface area contributed by atoms with Gasteiger partial charge in [0.15, 0.2) is 0 Å². The summed E-state index contributed by atoms with van der Waals surface area (Å²) in [4.78, 5) is 12.4. The second-order valence-corrected chi connectivity index (χ2v) is 9.78. The predicted molar refractivity (Wildman–Crippen MR) is 114 cm³/mol. The number of carbonyl (C=O) groups excluding carboxylic acids is 1. The van der Waals surface area contributed by atoms with Gasteiger partial charge in [-0.3, -0.25) is 4.79 Å². The Kier molecular flexibility index (Phi) is 7.73. The molecule has 0 aliphatic carbocycles. The third-order valence-corrected chi connectivity index (χ3v) is 6.76. The monoisotopic (exact) mass is 453 g/mol. The van der Waals surface area contributed by atoms with Gasteiger partial charge in [0.1, 0.15) is 10.6 Å². The van der Waals surface area contributed by atoms with Gasteiger partial charge in [0.25, 0.3) is 5.91 Å². The number of benzene rings is 2. The van der Waals surface area contributed by atoms with Crippen LogP contribution in [0, 0.1) is 0 Å². The highest BCUT2D eigenvalue weighted by Crippen LogP contribution is 2.25. The van der Waals surface area contributed by atoms with Crippen LogP contribution < -0.4 is 19.5 Å². The molecular formula is C19H23N3O6S2. The van der Waals surface area contributed by atoms with Gasteiger partial charge < -0.3 is 10.1 Å². The van der Waals surface area contributed by atoms with Crippen LogP contribution in [-0.2, 0) is 25.8 Å². The van der Waals surface area contributed by atoms with Crippen molar-refractivity contribution in [3.63, 3.8) is 0 Å². The van der Waals surface area contributed by atoms with Crippen molar-refractivity contribution in [2.75, 3.05) is 26.0 Å². The molecular weight excluding hydrogens is 430 g/mol. The molecule has 0 saturated carbocycles. The standard InChI is InChI=1S/C19H23N3O6S2/c1-4-11-21-29(24,25)13-14-5-8-16(9-6-14)22-19(23)15-7-10-17(28-3)18(12-15)30(26,27)20-2/h4-10,12,20-21H,1,11,13H2,2-3H3,(H,22,23). The summed E-state index contributed by atoms with van der Waals surface area (Å²) >= 11 is 0. The van der Waals surface area contributed by atoms with Crippen LogP contribution in [0.15, 0.2) is 60.0 Å². The molecule has 0 heterocycles. The van der Waals surface area contributed by atoms with Gasteiger partial charge in [0.2, 0.25) is 20.0 Å². The van der Waals surface area contributed by atoms with Crippen molar-refractivity contribution in [3.05, 3.63) is 66.2 Å². The van der Waals surface area contributed by atoms with Crippen molar-refractivity contribution in [3.8, 4) is 5.75 Å². The minimum Gasteiger partial charge on any atom is -0.495 e. The van der Waals surface area contributed by atoms with Gasteiger partial charge in [-0.1, -0.05) is 18.2 Å². The topological polar surface area (TPSA) is 131 Å². The van der Waals surface area contributed by atoms with Crippen LogP contribution in [0.2, 0.25) is 0 Å². The fraction of sp³-hybridized carbons (Fsp3) is 0.211. The summed E-state index contributed by atoms with van der Waals surface area (Å²) in [6.07, 6.45) is 1.45. The Balaban J connectivity index is 2.17. The average Bonchev–Trinajstić information content (AvgIpc) is 2.73. The highest BCUT2D eigenvalue weighted by Gasteiger charge is 2.20. The van der Waals surface area contributed by atoms with E-state index < -0.39 is 26.0 Å². The molecule has 2 rings (SSSR count). The summed E-state index contributed by atoms with van der Waals surface area (Å²) < 4.78 is 57.7. The first-order chi connectivity index (χ1) is 14.1. The fourth-order valence-corrected chi connectivity index (χ4v) is 4.51. The van der Waals surface area contributed by atoms with E-state index in [9.17, 15) is 21.6 Å². The van der Waals surface area contributed by atoms with Crippen LogP contribution >= 0.6 is 0 Å². The zero-order chi connectivity index (χ0) is 22.4. The fourth-order valence-electron chi connectivity index (χ4n) is 2.48. The molecule has 2 aromatic carbocycles. The normalized spacial score (nSPS) is 11.7. The van der Waals surface area contributed by atoms with Crippen LogP contribution in [-0.4, -0.2) is 43.4 Å². The Morgan fingerprint density at radius 1 is 1.10 bits per heavy atom. The van der Waals surface area contributed by atoms with Crippen LogP contribution in [0.4, 0.5) is 5.69 Å². The lowest BCUT2D eigenvalue weighted by atomic mass is 10.2. The SMILES string of the molecule is C=CCNS(=O)(=O)Cc1ccc(NC(=O)c2ccc(OC)c(S(=O)(=O)NC)c2)cc1. The zero-order valence-electron chi connectivity index (χ0n) is 16.5. The number of hydrogen-bond acceptors (Lipinski definition) is 6. The first kappa shape index (κ1) is 23.5. The van der Waals surface area contributed by atoms with E-state index in [1.807, 2.05) is 0 Å². The lowest BCUT2D eigenvalue weighted by Gasteiger charge is -2.11. The molecule has 0 aromatic heterocycles. The molecule has 0 bridgehead atoms. The van der Waals surface area contributed by atoms with E-state index in [0.717, 1.165) is 0 Å². The van der Waals surface area contributed by atoms with Crippen molar-refractivity contribution in [1.29, 1.82) is 0 Å². The molecule has 2 aromatic rings. The third kappa shape index (κ3) is 6.13. The highest BCUT2D eigenvalue weighted by molar-refractivity contribution is 7.89. The Bertz CT molecular complexity index is 1130. The highest BCUT2D eigenvalue weighted by atomic mass is 32.2. The molecule has 0 atom stereocenters. The maximum Gasteiger partial charge on any atom is 0.255 e. The molecule has 0 unspecified atom stereocenters. The minimum atomic E-state index is -3.82. The molecule has 0 spiro atoms. The molecule has 30 heavy (non-hydrogen) atoms. The average molecular weight is 454 g/mol. The number of carbonyl (C=O) groups is 1. The Morgan fingerprint density at radius 2 is 1.77 bits per heavy atom. The Hall–Kier alpha value is -2.73. The number of anilines is 1. The second kappa shape index (κ2) is 9.85. The van der Waals surface area contributed by atoms with Gasteiger partial charge in [-0.05, 0) is 42.9 Å². The van der Waals surface area contributed by atoms with E-state index in [1.165, 1.54) is 38.4 Å². The van der Waals surface area contributed by atoms with E-state index in [2.05, 4.69) is 21.3 Å². The van der Waals surface area contributed by atoms with Crippen molar-refractivity contribution < 1.29 is 26.4 Å². The minimum absolute atomic E-state index is 0.108. The van der Waals surface area contributed by atoms with Gasteiger partial charge in [-0.2, -0.15) is 0 Å². The predicted octanol–water partition coefficient (Wildman–Crippen LogP) is 1.46. The maximum atomic E-state index is 12.5. The Morgan fingerprint density at radius 3 is 2.33 bits per heavy atom. The largest absolute Gasteiger partial charge is 0.495 e. The molecule has 0 fully saturated rings. The molecule has 3 N–H and O–H groups in total. The first-order valence-electron chi connectivity index (χ1n) is 8.72. The molecule has 0 saturated heterocycles. The molecule has 0 radical (unpaired) electrons. The molecule has 9 nitrogen and oxygen atoms in total. The zero-order valence-corrected chi connectivity index (χ0v) is 18.1. The van der Waals surface area contributed by atoms with Crippen LogP contribution in [0.5, 0.6) is 5.75 Å². The lowest BCUT2D eigenvalue weighted by Crippen LogP contribution is -2.25. The number of amides is 1. The van der Waals surface area contributed by atoms with E-state index in [0.29, 0.717) is 11.3 Å².